The summed E-state index contributed by atoms with van der Waals surface area (Å²) < 4.78 is 0. The molecule has 0 aliphatic heterocycles. The predicted molar refractivity (Wildman–Crippen MR) is 92.3 cm³/mol. The van der Waals surface area contributed by atoms with Gasteiger partial charge in [0.05, 0.1) is 0 Å². The quantitative estimate of drug-likeness (QED) is 0.877. The summed E-state index contributed by atoms with van der Waals surface area (Å²) in [6, 6.07) is 21.5. The van der Waals surface area contributed by atoms with Gasteiger partial charge in [0.25, 0.3) is 0 Å². The molecule has 0 unspecified atom stereocenters. The van der Waals surface area contributed by atoms with E-state index < -0.39 is 0 Å². The molecule has 0 heterocycles. The first-order valence-electron chi connectivity index (χ1n) is 8.25. The fourth-order valence-corrected chi connectivity index (χ4v) is 3.79. The van der Waals surface area contributed by atoms with Crippen molar-refractivity contribution >= 4 is 0 Å². The molecule has 2 nitrogen and oxygen atoms in total. The summed E-state index contributed by atoms with van der Waals surface area (Å²) in [5, 5.41) is 0. The van der Waals surface area contributed by atoms with Gasteiger partial charge in [-0.15, -0.1) is 0 Å². The monoisotopic (exact) mass is 294 g/mol. The fraction of sp³-hybridized carbons (Fsp3) is 0.400. The van der Waals surface area contributed by atoms with E-state index in [1.807, 2.05) is 0 Å². The highest BCUT2D eigenvalue weighted by atomic mass is 15.2. The Kier molecular flexibility index (Phi) is 4.60. The highest BCUT2D eigenvalue weighted by molar-refractivity contribution is 5.19. The van der Waals surface area contributed by atoms with Gasteiger partial charge in [0.15, 0.2) is 0 Å². The molecule has 0 spiro atoms. The Morgan fingerprint density at radius 2 is 1.36 bits per heavy atom. The van der Waals surface area contributed by atoms with Crippen LogP contribution < -0.4 is 5.73 Å². The van der Waals surface area contributed by atoms with Crippen molar-refractivity contribution in [1.82, 2.24) is 4.90 Å². The molecule has 0 radical (unpaired) electrons. The lowest BCUT2D eigenvalue weighted by atomic mass is 9.67. The molecular weight excluding hydrogens is 268 g/mol. The molecule has 0 aromatic heterocycles. The lowest BCUT2D eigenvalue weighted by Gasteiger charge is -2.53. The maximum atomic E-state index is 6.20. The van der Waals surface area contributed by atoms with E-state index in [0.717, 1.165) is 25.6 Å². The maximum Gasteiger partial charge on any atom is 0.0343 e. The minimum atomic E-state index is 0.172. The molecule has 0 amide bonds. The molecule has 116 valence electrons. The summed E-state index contributed by atoms with van der Waals surface area (Å²) >= 11 is 0. The summed E-state index contributed by atoms with van der Waals surface area (Å²) in [5.41, 5.74) is 9.10. The second-order valence-electron chi connectivity index (χ2n) is 6.77. The van der Waals surface area contributed by atoms with E-state index in [-0.39, 0.29) is 5.54 Å². The molecule has 2 N–H and O–H groups in total. The van der Waals surface area contributed by atoms with Crippen LogP contribution in [-0.4, -0.2) is 17.0 Å². The van der Waals surface area contributed by atoms with Crippen molar-refractivity contribution in [1.29, 1.82) is 0 Å². The van der Waals surface area contributed by atoms with Gasteiger partial charge in [-0.05, 0) is 29.9 Å². The molecule has 22 heavy (non-hydrogen) atoms. The Balaban J connectivity index is 1.82. The average molecular weight is 294 g/mol. The molecule has 0 bridgehead atoms. The van der Waals surface area contributed by atoms with Crippen LogP contribution in [0.2, 0.25) is 0 Å². The van der Waals surface area contributed by atoms with Crippen LogP contribution in [0.3, 0.4) is 0 Å². The first-order chi connectivity index (χ1) is 10.7. The Hall–Kier alpha value is -1.64. The normalized spacial score (nSPS) is 24.2. The van der Waals surface area contributed by atoms with Crippen LogP contribution in [-0.2, 0) is 13.1 Å². The Morgan fingerprint density at radius 1 is 0.909 bits per heavy atom. The lowest BCUT2D eigenvalue weighted by molar-refractivity contribution is -0.0249. The number of rotatable bonds is 6. The summed E-state index contributed by atoms with van der Waals surface area (Å²) in [4.78, 5) is 2.59. The largest absolute Gasteiger partial charge is 0.329 e. The predicted octanol–water partition coefficient (Wildman–Crippen LogP) is 3.82. The SMILES string of the molecule is CC1CC(CN)(N(Cc2ccccc2)Cc2ccccc2)C1. The smallest absolute Gasteiger partial charge is 0.0343 e. The van der Waals surface area contributed by atoms with E-state index in [0.29, 0.717) is 0 Å². The molecule has 1 saturated carbocycles. The third-order valence-electron chi connectivity index (χ3n) is 4.94. The van der Waals surface area contributed by atoms with Crippen molar-refractivity contribution in [3.8, 4) is 0 Å². The van der Waals surface area contributed by atoms with E-state index in [1.54, 1.807) is 0 Å². The topological polar surface area (TPSA) is 29.3 Å². The van der Waals surface area contributed by atoms with Gasteiger partial charge >= 0.3 is 0 Å². The van der Waals surface area contributed by atoms with E-state index in [9.17, 15) is 0 Å². The van der Waals surface area contributed by atoms with Crippen molar-refractivity contribution in [2.24, 2.45) is 11.7 Å². The van der Waals surface area contributed by atoms with Crippen molar-refractivity contribution in [2.45, 2.75) is 38.4 Å². The van der Waals surface area contributed by atoms with Crippen molar-refractivity contribution in [3.05, 3.63) is 71.8 Å². The highest BCUT2D eigenvalue weighted by Crippen LogP contribution is 2.43. The maximum absolute atomic E-state index is 6.20. The molecule has 0 atom stereocenters. The Bertz CT molecular complexity index is 532. The van der Waals surface area contributed by atoms with Crippen molar-refractivity contribution < 1.29 is 0 Å². The minimum Gasteiger partial charge on any atom is -0.329 e. The summed E-state index contributed by atoms with van der Waals surface area (Å²) in [6.45, 7) is 5.02. The second-order valence-corrected chi connectivity index (χ2v) is 6.77. The van der Waals surface area contributed by atoms with Crippen LogP contribution in [0.15, 0.2) is 60.7 Å². The van der Waals surface area contributed by atoms with E-state index >= 15 is 0 Å². The Morgan fingerprint density at radius 3 is 1.73 bits per heavy atom. The highest BCUT2D eigenvalue weighted by Gasteiger charge is 2.45. The first kappa shape index (κ1) is 15.3. The fourth-order valence-electron chi connectivity index (χ4n) is 3.79. The standard InChI is InChI=1S/C20H26N2/c1-17-12-20(13-17,16-21)22(14-18-8-4-2-5-9-18)15-19-10-6-3-7-11-19/h2-11,17H,12-16,21H2,1H3. The van der Waals surface area contributed by atoms with E-state index in [2.05, 4.69) is 72.5 Å². The van der Waals surface area contributed by atoms with Crippen LogP contribution in [0.5, 0.6) is 0 Å². The third-order valence-corrected chi connectivity index (χ3v) is 4.94. The second kappa shape index (κ2) is 6.64. The molecule has 2 heteroatoms. The van der Waals surface area contributed by atoms with Crippen LogP contribution in [0.1, 0.15) is 30.9 Å². The number of nitrogens with zero attached hydrogens (tertiary/aromatic N) is 1. The molecule has 2 aromatic rings. The van der Waals surface area contributed by atoms with Gasteiger partial charge in [-0.1, -0.05) is 67.6 Å². The van der Waals surface area contributed by atoms with Gasteiger partial charge in [-0.2, -0.15) is 0 Å². The van der Waals surface area contributed by atoms with Crippen LogP contribution in [0.25, 0.3) is 0 Å². The van der Waals surface area contributed by atoms with Gasteiger partial charge in [-0.3, -0.25) is 4.90 Å². The molecule has 1 aliphatic rings. The van der Waals surface area contributed by atoms with Crippen LogP contribution in [0.4, 0.5) is 0 Å². The van der Waals surface area contributed by atoms with Crippen molar-refractivity contribution in [3.63, 3.8) is 0 Å². The minimum absolute atomic E-state index is 0.172. The van der Waals surface area contributed by atoms with Gasteiger partial charge in [0.1, 0.15) is 0 Å². The third kappa shape index (κ3) is 3.23. The van der Waals surface area contributed by atoms with E-state index in [4.69, 9.17) is 5.73 Å². The number of hydrogen-bond donors (Lipinski definition) is 1. The van der Waals surface area contributed by atoms with Crippen molar-refractivity contribution in [2.75, 3.05) is 6.54 Å². The Labute approximate surface area is 134 Å². The summed E-state index contributed by atoms with van der Waals surface area (Å²) in [5.74, 6) is 0.789. The number of nitrogens with two attached hydrogens (primary N) is 1. The zero-order chi connectivity index (χ0) is 15.4. The molecule has 1 fully saturated rings. The molecule has 1 aliphatic carbocycles. The average Bonchev–Trinajstić information content (AvgIpc) is 2.53. The number of benzene rings is 2. The molecular formula is C20H26N2. The van der Waals surface area contributed by atoms with Gasteiger partial charge in [0, 0.05) is 25.2 Å². The molecule has 0 saturated heterocycles. The van der Waals surface area contributed by atoms with Crippen LogP contribution >= 0.6 is 0 Å². The molecule has 2 aromatic carbocycles. The van der Waals surface area contributed by atoms with Crippen LogP contribution in [0, 0.1) is 5.92 Å². The number of hydrogen-bond acceptors (Lipinski definition) is 2. The summed E-state index contributed by atoms with van der Waals surface area (Å²) in [7, 11) is 0. The molecule has 3 rings (SSSR count). The summed E-state index contributed by atoms with van der Waals surface area (Å²) in [6.07, 6.45) is 2.42. The lowest BCUT2D eigenvalue weighted by Crippen LogP contribution is -2.60. The van der Waals surface area contributed by atoms with E-state index in [1.165, 1.54) is 24.0 Å². The zero-order valence-electron chi connectivity index (χ0n) is 13.4. The van der Waals surface area contributed by atoms with Gasteiger partial charge < -0.3 is 5.73 Å². The first-order valence-corrected chi connectivity index (χ1v) is 8.25. The van der Waals surface area contributed by atoms with Gasteiger partial charge in [-0.25, -0.2) is 0 Å². The van der Waals surface area contributed by atoms with Gasteiger partial charge in [0.2, 0.25) is 0 Å². The zero-order valence-corrected chi connectivity index (χ0v) is 13.4.